The van der Waals surface area contributed by atoms with Gasteiger partial charge in [0, 0.05) is 12.1 Å². The van der Waals surface area contributed by atoms with Crippen LogP contribution in [0.1, 0.15) is 44.1 Å². The third kappa shape index (κ3) is 3.71. The van der Waals surface area contributed by atoms with Gasteiger partial charge in [-0.15, -0.1) is 11.3 Å². The van der Waals surface area contributed by atoms with Crippen LogP contribution < -0.4 is 5.32 Å². The lowest BCUT2D eigenvalue weighted by Gasteiger charge is -2.18. The van der Waals surface area contributed by atoms with E-state index in [1.165, 1.54) is 0 Å². The molecule has 0 fully saturated rings. The zero-order chi connectivity index (χ0) is 19.7. The molecule has 1 amide bonds. The van der Waals surface area contributed by atoms with Crippen LogP contribution in [0.25, 0.3) is 21.6 Å². The van der Waals surface area contributed by atoms with Gasteiger partial charge in [-0.25, -0.2) is 9.67 Å². The minimum atomic E-state index is -0.949. The van der Waals surface area contributed by atoms with Crippen molar-refractivity contribution in [2.75, 3.05) is 0 Å². The first-order valence-corrected chi connectivity index (χ1v) is 9.63. The van der Waals surface area contributed by atoms with Crippen molar-refractivity contribution in [3.8, 4) is 10.6 Å². The number of pyridine rings is 1. The fourth-order valence-corrected chi connectivity index (χ4v) is 3.44. The number of thiophene rings is 1. The third-order valence-electron chi connectivity index (χ3n) is 4.57. The van der Waals surface area contributed by atoms with Gasteiger partial charge >= 0.3 is 5.97 Å². The summed E-state index contributed by atoms with van der Waals surface area (Å²) in [7, 11) is 0. The Hall–Kier alpha value is -2.74. The molecule has 0 saturated heterocycles. The average Bonchev–Trinajstić information content (AvgIpc) is 3.29. The number of aromatic nitrogens is 3. The van der Waals surface area contributed by atoms with E-state index in [1.807, 2.05) is 31.4 Å². The van der Waals surface area contributed by atoms with E-state index >= 15 is 0 Å². The Labute approximate surface area is 161 Å². The lowest BCUT2D eigenvalue weighted by atomic mass is 10.0. The van der Waals surface area contributed by atoms with Gasteiger partial charge in [-0.1, -0.05) is 6.07 Å². The summed E-state index contributed by atoms with van der Waals surface area (Å²) in [6.07, 6.45) is 1.64. The lowest BCUT2D eigenvalue weighted by Crippen LogP contribution is -2.40. The van der Waals surface area contributed by atoms with Crippen LogP contribution in [0.15, 0.2) is 29.8 Å². The Balaban J connectivity index is 2.08. The number of carboxylic acid groups (broad SMARTS) is 1. The Morgan fingerprint density at radius 2 is 2.00 bits per heavy atom. The number of hydrogen-bond donors (Lipinski definition) is 2. The third-order valence-corrected chi connectivity index (χ3v) is 5.46. The first-order valence-electron chi connectivity index (χ1n) is 8.75. The highest BCUT2D eigenvalue weighted by atomic mass is 32.1. The second kappa shape index (κ2) is 7.48. The number of fused-ring (bicyclic) bond motifs is 1. The van der Waals surface area contributed by atoms with E-state index in [4.69, 9.17) is 10.1 Å². The topological polar surface area (TPSA) is 97.1 Å². The number of rotatable bonds is 6. The fraction of sp³-hybridized carbons (Fsp3) is 0.368. The Morgan fingerprint density at radius 3 is 2.59 bits per heavy atom. The standard InChI is InChI=1S/C19H22N4O3S/c1-10(2)23-17-14(9-20-23)13(8-15(22-17)16-6-5-7-27-16)18(24)21-12(4)11(3)19(25)26/h5-12H,1-4H3,(H,21,24)(H,25,26). The number of nitrogens with one attached hydrogen (secondary N) is 1. The van der Waals surface area contributed by atoms with Crippen molar-refractivity contribution in [1.82, 2.24) is 20.1 Å². The van der Waals surface area contributed by atoms with Crippen LogP contribution in [0.5, 0.6) is 0 Å². The van der Waals surface area contributed by atoms with Crippen LogP contribution in [0.2, 0.25) is 0 Å². The molecule has 2 atom stereocenters. The molecule has 2 unspecified atom stereocenters. The van der Waals surface area contributed by atoms with Crippen molar-refractivity contribution < 1.29 is 14.7 Å². The molecule has 0 saturated carbocycles. The van der Waals surface area contributed by atoms with Gasteiger partial charge < -0.3 is 10.4 Å². The van der Waals surface area contributed by atoms with E-state index in [2.05, 4.69) is 10.4 Å². The molecule has 0 aliphatic rings. The zero-order valence-corrected chi connectivity index (χ0v) is 16.4. The van der Waals surface area contributed by atoms with Gasteiger partial charge in [0.15, 0.2) is 5.65 Å². The molecular formula is C19H22N4O3S. The van der Waals surface area contributed by atoms with Crippen molar-refractivity contribution in [3.05, 3.63) is 35.3 Å². The van der Waals surface area contributed by atoms with E-state index in [-0.39, 0.29) is 11.9 Å². The quantitative estimate of drug-likeness (QED) is 0.675. The van der Waals surface area contributed by atoms with E-state index in [9.17, 15) is 9.59 Å². The molecule has 142 valence electrons. The van der Waals surface area contributed by atoms with Crippen molar-refractivity contribution >= 4 is 34.2 Å². The van der Waals surface area contributed by atoms with Gasteiger partial charge in [0.25, 0.3) is 5.91 Å². The molecule has 7 nitrogen and oxygen atoms in total. The maximum absolute atomic E-state index is 12.9. The maximum Gasteiger partial charge on any atom is 0.308 e. The number of amides is 1. The van der Waals surface area contributed by atoms with Crippen LogP contribution in [0, 0.1) is 5.92 Å². The molecule has 2 N–H and O–H groups in total. The Morgan fingerprint density at radius 1 is 1.26 bits per heavy atom. The molecule has 0 bridgehead atoms. The molecular weight excluding hydrogens is 364 g/mol. The van der Waals surface area contributed by atoms with Crippen molar-refractivity contribution in [1.29, 1.82) is 0 Å². The number of aliphatic carboxylic acids is 1. The summed E-state index contributed by atoms with van der Waals surface area (Å²) in [6, 6.07) is 5.21. The normalized spacial score (nSPS) is 13.7. The SMILES string of the molecule is CC(NC(=O)c1cc(-c2cccs2)nc2c1cnn2C(C)C)C(C)C(=O)O. The van der Waals surface area contributed by atoms with Crippen LogP contribution >= 0.6 is 11.3 Å². The van der Waals surface area contributed by atoms with Gasteiger partial charge in [-0.2, -0.15) is 5.10 Å². The highest BCUT2D eigenvalue weighted by molar-refractivity contribution is 7.13. The molecule has 0 spiro atoms. The first kappa shape index (κ1) is 19.0. The summed E-state index contributed by atoms with van der Waals surface area (Å²) in [4.78, 5) is 29.8. The van der Waals surface area contributed by atoms with E-state index in [1.54, 1.807) is 42.1 Å². The lowest BCUT2D eigenvalue weighted by molar-refractivity contribution is -0.141. The van der Waals surface area contributed by atoms with Gasteiger partial charge in [0.2, 0.25) is 0 Å². The van der Waals surface area contributed by atoms with Crippen molar-refractivity contribution in [2.45, 2.75) is 39.8 Å². The van der Waals surface area contributed by atoms with Gasteiger partial charge in [-0.3, -0.25) is 9.59 Å². The number of hydrogen-bond acceptors (Lipinski definition) is 5. The summed E-state index contributed by atoms with van der Waals surface area (Å²) in [6.45, 7) is 7.26. The second-order valence-corrected chi connectivity index (χ2v) is 7.79. The molecule has 0 aliphatic carbocycles. The Kier molecular flexibility index (Phi) is 5.27. The highest BCUT2D eigenvalue weighted by Gasteiger charge is 2.24. The second-order valence-electron chi connectivity index (χ2n) is 6.84. The first-order chi connectivity index (χ1) is 12.8. The number of nitrogens with zero attached hydrogens (tertiary/aromatic N) is 3. The van der Waals surface area contributed by atoms with E-state index in [0.717, 1.165) is 4.88 Å². The largest absolute Gasteiger partial charge is 0.481 e. The molecule has 3 aromatic heterocycles. The predicted octanol–water partition coefficient (Wildman–Crippen LogP) is 3.58. The summed E-state index contributed by atoms with van der Waals surface area (Å²) in [5.41, 5.74) is 1.78. The van der Waals surface area contributed by atoms with Crippen LogP contribution in [-0.4, -0.2) is 37.8 Å². The monoisotopic (exact) mass is 386 g/mol. The molecule has 3 aromatic rings. The summed E-state index contributed by atoms with van der Waals surface area (Å²) in [5, 5.41) is 19.0. The number of carbonyl (C=O) groups excluding carboxylic acids is 1. The van der Waals surface area contributed by atoms with Crippen LogP contribution in [0.3, 0.4) is 0 Å². The molecule has 27 heavy (non-hydrogen) atoms. The number of carbonyl (C=O) groups is 2. The molecule has 8 heteroatoms. The van der Waals surface area contributed by atoms with E-state index < -0.39 is 17.9 Å². The average molecular weight is 386 g/mol. The molecule has 3 heterocycles. The minimum Gasteiger partial charge on any atom is -0.481 e. The summed E-state index contributed by atoms with van der Waals surface area (Å²) in [5.74, 6) is -1.97. The van der Waals surface area contributed by atoms with E-state index in [0.29, 0.717) is 22.3 Å². The van der Waals surface area contributed by atoms with Gasteiger partial charge in [0.1, 0.15) is 0 Å². The molecule has 0 radical (unpaired) electrons. The minimum absolute atomic E-state index is 0.0930. The predicted molar refractivity (Wildman–Crippen MR) is 105 cm³/mol. The van der Waals surface area contributed by atoms with Crippen LogP contribution in [0.4, 0.5) is 0 Å². The molecule has 0 aromatic carbocycles. The van der Waals surface area contributed by atoms with Gasteiger partial charge in [-0.05, 0) is 45.2 Å². The smallest absolute Gasteiger partial charge is 0.308 e. The Bertz CT molecular complexity index is 978. The zero-order valence-electron chi connectivity index (χ0n) is 15.6. The number of carboxylic acids is 1. The maximum atomic E-state index is 12.9. The highest BCUT2D eigenvalue weighted by Crippen LogP contribution is 2.29. The van der Waals surface area contributed by atoms with Gasteiger partial charge in [0.05, 0.1) is 33.6 Å². The van der Waals surface area contributed by atoms with Crippen LogP contribution in [-0.2, 0) is 4.79 Å². The summed E-state index contributed by atoms with van der Waals surface area (Å²) >= 11 is 1.54. The fourth-order valence-electron chi connectivity index (χ4n) is 2.76. The van der Waals surface area contributed by atoms with Crippen molar-refractivity contribution in [3.63, 3.8) is 0 Å². The summed E-state index contributed by atoms with van der Waals surface area (Å²) < 4.78 is 1.78. The van der Waals surface area contributed by atoms with Crippen molar-refractivity contribution in [2.24, 2.45) is 5.92 Å². The molecule has 3 rings (SSSR count). The molecule has 0 aliphatic heterocycles.